The molecule has 2 N–H and O–H groups in total. The Balaban J connectivity index is 1.62. The Labute approximate surface area is 158 Å². The fraction of sp³-hybridized carbons (Fsp3) is 0.136. The number of aryl methyl sites for hydroxylation is 2. The molecule has 0 aliphatic rings. The molecular formula is C22H21N3O2. The van der Waals surface area contributed by atoms with Gasteiger partial charge in [-0.1, -0.05) is 42.0 Å². The quantitative estimate of drug-likeness (QED) is 0.692. The molecule has 0 atom stereocenters. The summed E-state index contributed by atoms with van der Waals surface area (Å²) < 4.78 is 0. The molecule has 5 nitrogen and oxygen atoms in total. The summed E-state index contributed by atoms with van der Waals surface area (Å²) in [7, 11) is 0. The molecule has 0 aliphatic carbocycles. The van der Waals surface area contributed by atoms with Crippen molar-refractivity contribution in [1.29, 1.82) is 0 Å². The number of para-hydroxylation sites is 2. The highest BCUT2D eigenvalue weighted by Gasteiger charge is 2.11. The first kappa shape index (κ1) is 18.3. The number of carbonyl (C=O) groups is 2. The van der Waals surface area contributed by atoms with E-state index in [1.165, 1.54) is 11.8 Å². The maximum absolute atomic E-state index is 12.3. The fourth-order valence-electron chi connectivity index (χ4n) is 2.62. The summed E-state index contributed by atoms with van der Waals surface area (Å²) in [4.78, 5) is 28.6. The van der Waals surface area contributed by atoms with Crippen LogP contribution < -0.4 is 10.6 Å². The smallest absolute Gasteiger partial charge is 0.257 e. The summed E-state index contributed by atoms with van der Waals surface area (Å²) in [5.74, 6) is -0.372. The number of nitrogens with one attached hydrogen (secondary N) is 2. The van der Waals surface area contributed by atoms with Gasteiger partial charge in [0.05, 0.1) is 16.9 Å². The lowest BCUT2D eigenvalue weighted by molar-refractivity contribution is -0.116. The van der Waals surface area contributed by atoms with E-state index in [9.17, 15) is 9.59 Å². The maximum atomic E-state index is 12.3. The van der Waals surface area contributed by atoms with E-state index < -0.39 is 0 Å². The standard InChI is InChI=1S/C22H21N3O2/c1-16-8-10-17(11-9-16)12-13-21(26)24-19-6-2-3-7-20(19)25-22(27)18-5-4-14-23-15-18/h2-11,14-15H,12-13H2,1H3,(H,24,26)(H,25,27). The lowest BCUT2D eigenvalue weighted by Gasteiger charge is -2.12. The van der Waals surface area contributed by atoms with E-state index in [2.05, 4.69) is 15.6 Å². The van der Waals surface area contributed by atoms with Crippen LogP contribution in [0.5, 0.6) is 0 Å². The SMILES string of the molecule is Cc1ccc(CCC(=O)Nc2ccccc2NC(=O)c2cccnc2)cc1. The van der Waals surface area contributed by atoms with Crippen LogP contribution in [0.3, 0.4) is 0 Å². The fourth-order valence-corrected chi connectivity index (χ4v) is 2.62. The van der Waals surface area contributed by atoms with E-state index >= 15 is 0 Å². The maximum Gasteiger partial charge on any atom is 0.257 e. The molecule has 0 fully saturated rings. The van der Waals surface area contributed by atoms with Crippen LogP contribution in [-0.2, 0) is 11.2 Å². The van der Waals surface area contributed by atoms with E-state index in [-0.39, 0.29) is 11.8 Å². The summed E-state index contributed by atoms with van der Waals surface area (Å²) >= 11 is 0. The Morgan fingerprint density at radius 1 is 0.889 bits per heavy atom. The Morgan fingerprint density at radius 2 is 1.59 bits per heavy atom. The van der Waals surface area contributed by atoms with Gasteiger partial charge in [-0.3, -0.25) is 14.6 Å². The van der Waals surface area contributed by atoms with Crippen molar-refractivity contribution in [1.82, 2.24) is 4.98 Å². The molecule has 3 rings (SSSR count). The molecule has 2 amide bonds. The number of aromatic nitrogens is 1. The van der Waals surface area contributed by atoms with Crippen LogP contribution >= 0.6 is 0 Å². The molecule has 5 heteroatoms. The molecular weight excluding hydrogens is 338 g/mol. The normalized spacial score (nSPS) is 10.3. The van der Waals surface area contributed by atoms with Crippen LogP contribution in [0.1, 0.15) is 27.9 Å². The number of amides is 2. The van der Waals surface area contributed by atoms with Gasteiger partial charge >= 0.3 is 0 Å². The second-order valence-electron chi connectivity index (χ2n) is 6.28. The van der Waals surface area contributed by atoms with E-state index in [1.54, 1.807) is 36.5 Å². The summed E-state index contributed by atoms with van der Waals surface area (Å²) in [5, 5.41) is 5.70. The zero-order valence-corrected chi connectivity index (χ0v) is 15.1. The van der Waals surface area contributed by atoms with Crippen molar-refractivity contribution in [3.8, 4) is 0 Å². The lowest BCUT2D eigenvalue weighted by atomic mass is 10.1. The first-order chi connectivity index (χ1) is 13.1. The topological polar surface area (TPSA) is 71.1 Å². The lowest BCUT2D eigenvalue weighted by Crippen LogP contribution is -2.17. The van der Waals surface area contributed by atoms with Crippen LogP contribution in [0.25, 0.3) is 0 Å². The van der Waals surface area contributed by atoms with E-state index in [1.807, 2.05) is 37.3 Å². The van der Waals surface area contributed by atoms with Gasteiger partial charge < -0.3 is 10.6 Å². The Morgan fingerprint density at radius 3 is 2.26 bits per heavy atom. The van der Waals surface area contributed by atoms with Crippen LogP contribution in [0, 0.1) is 6.92 Å². The van der Waals surface area contributed by atoms with Gasteiger partial charge in [0.15, 0.2) is 0 Å². The van der Waals surface area contributed by atoms with Crippen molar-refractivity contribution in [2.45, 2.75) is 19.8 Å². The van der Waals surface area contributed by atoms with Crippen molar-refractivity contribution in [2.24, 2.45) is 0 Å². The molecule has 3 aromatic rings. The van der Waals surface area contributed by atoms with Crippen molar-refractivity contribution < 1.29 is 9.59 Å². The number of anilines is 2. The van der Waals surface area contributed by atoms with Crippen molar-refractivity contribution in [2.75, 3.05) is 10.6 Å². The highest BCUT2D eigenvalue weighted by Crippen LogP contribution is 2.22. The molecule has 0 saturated carbocycles. The molecule has 0 spiro atoms. The molecule has 27 heavy (non-hydrogen) atoms. The average Bonchev–Trinajstić information content (AvgIpc) is 2.70. The Kier molecular flexibility index (Phi) is 5.94. The zero-order valence-electron chi connectivity index (χ0n) is 15.1. The van der Waals surface area contributed by atoms with E-state index in [4.69, 9.17) is 0 Å². The highest BCUT2D eigenvalue weighted by molar-refractivity contribution is 6.07. The van der Waals surface area contributed by atoms with Gasteiger partial charge in [-0.05, 0) is 43.2 Å². The third-order valence-corrected chi connectivity index (χ3v) is 4.13. The molecule has 0 aliphatic heterocycles. The van der Waals surface area contributed by atoms with Gasteiger partial charge in [-0.15, -0.1) is 0 Å². The molecule has 1 heterocycles. The second kappa shape index (κ2) is 8.76. The van der Waals surface area contributed by atoms with E-state index in [0.717, 1.165) is 5.56 Å². The van der Waals surface area contributed by atoms with Crippen LogP contribution in [-0.4, -0.2) is 16.8 Å². The minimum Gasteiger partial charge on any atom is -0.324 e. The van der Waals surface area contributed by atoms with Gasteiger partial charge in [0.25, 0.3) is 5.91 Å². The number of benzene rings is 2. The molecule has 0 radical (unpaired) electrons. The first-order valence-electron chi connectivity index (χ1n) is 8.77. The molecule has 0 unspecified atom stereocenters. The summed E-state index contributed by atoms with van der Waals surface area (Å²) in [6.07, 6.45) is 4.14. The van der Waals surface area contributed by atoms with Crippen LogP contribution in [0.15, 0.2) is 73.1 Å². The third-order valence-electron chi connectivity index (χ3n) is 4.13. The minimum absolute atomic E-state index is 0.0985. The van der Waals surface area contributed by atoms with E-state index in [0.29, 0.717) is 29.8 Å². The third kappa shape index (κ3) is 5.25. The monoisotopic (exact) mass is 359 g/mol. The number of hydrogen-bond donors (Lipinski definition) is 2. The first-order valence-corrected chi connectivity index (χ1v) is 8.77. The van der Waals surface area contributed by atoms with Gasteiger partial charge in [0.1, 0.15) is 0 Å². The van der Waals surface area contributed by atoms with Gasteiger partial charge in [0.2, 0.25) is 5.91 Å². The second-order valence-corrected chi connectivity index (χ2v) is 6.28. The molecule has 0 saturated heterocycles. The van der Waals surface area contributed by atoms with Crippen molar-refractivity contribution in [3.63, 3.8) is 0 Å². The average molecular weight is 359 g/mol. The molecule has 136 valence electrons. The Bertz CT molecular complexity index is 922. The predicted molar refractivity (Wildman–Crippen MR) is 107 cm³/mol. The van der Waals surface area contributed by atoms with Crippen molar-refractivity contribution >= 4 is 23.2 Å². The van der Waals surface area contributed by atoms with Crippen LogP contribution in [0.4, 0.5) is 11.4 Å². The summed E-state index contributed by atoms with van der Waals surface area (Å²) in [6, 6.07) is 18.7. The number of nitrogens with zero attached hydrogens (tertiary/aromatic N) is 1. The summed E-state index contributed by atoms with van der Waals surface area (Å²) in [5.41, 5.74) is 3.90. The van der Waals surface area contributed by atoms with Gasteiger partial charge in [-0.25, -0.2) is 0 Å². The van der Waals surface area contributed by atoms with Crippen molar-refractivity contribution in [3.05, 3.63) is 89.7 Å². The van der Waals surface area contributed by atoms with Gasteiger partial charge in [0, 0.05) is 18.8 Å². The molecule has 1 aromatic heterocycles. The predicted octanol–water partition coefficient (Wildman–Crippen LogP) is 4.21. The number of pyridine rings is 1. The van der Waals surface area contributed by atoms with Crippen LogP contribution in [0.2, 0.25) is 0 Å². The number of rotatable bonds is 6. The largest absolute Gasteiger partial charge is 0.324 e. The number of hydrogen-bond acceptors (Lipinski definition) is 3. The highest BCUT2D eigenvalue weighted by atomic mass is 16.2. The zero-order chi connectivity index (χ0) is 19.1. The summed E-state index contributed by atoms with van der Waals surface area (Å²) in [6.45, 7) is 2.03. The number of carbonyl (C=O) groups excluding carboxylic acids is 2. The Hall–Kier alpha value is -3.47. The molecule has 0 bridgehead atoms. The molecule has 2 aromatic carbocycles. The minimum atomic E-state index is -0.274. The van der Waals surface area contributed by atoms with Gasteiger partial charge in [-0.2, -0.15) is 0 Å².